The fourth-order valence-electron chi connectivity index (χ4n) is 4.47. The molecule has 0 unspecified atom stereocenters. The van der Waals surface area contributed by atoms with Crippen LogP contribution in [-0.2, 0) is 28.2 Å². The molecule has 8 heteroatoms. The predicted molar refractivity (Wildman–Crippen MR) is 126 cm³/mol. The topological polar surface area (TPSA) is 47.7 Å². The Morgan fingerprint density at radius 1 is 1.12 bits per heavy atom. The Bertz CT molecular complexity index is 1140. The summed E-state index contributed by atoms with van der Waals surface area (Å²) in [5.74, 6) is -0.248. The first-order chi connectivity index (χ1) is 16.4. The summed E-state index contributed by atoms with van der Waals surface area (Å²) in [5.41, 5.74) is 1.36. The number of aryl methyl sites for hydroxylation is 1. The molecule has 1 aromatic heterocycles. The van der Waals surface area contributed by atoms with Gasteiger partial charge in [0.15, 0.2) is 0 Å². The third kappa shape index (κ3) is 4.77. The molecular formula is C26H28F2N2O3S. The molecule has 3 aromatic rings. The van der Waals surface area contributed by atoms with Crippen molar-refractivity contribution in [1.82, 2.24) is 9.46 Å². The lowest BCUT2D eigenvalue weighted by atomic mass is 9.90. The summed E-state index contributed by atoms with van der Waals surface area (Å²) in [5, 5.41) is 4.22. The van der Waals surface area contributed by atoms with Gasteiger partial charge in [0.25, 0.3) is 0 Å². The quantitative estimate of drug-likeness (QED) is 0.378. The van der Waals surface area contributed by atoms with Crippen molar-refractivity contribution in [1.29, 1.82) is 0 Å². The van der Waals surface area contributed by atoms with Gasteiger partial charge >= 0.3 is 0 Å². The smallest absolute Gasteiger partial charge is 0.143 e. The lowest BCUT2D eigenvalue weighted by molar-refractivity contribution is -0.224. The summed E-state index contributed by atoms with van der Waals surface area (Å²) in [6, 6.07) is 15.0. The van der Waals surface area contributed by atoms with Crippen LogP contribution >= 0.6 is 11.9 Å². The first-order valence-corrected chi connectivity index (χ1v) is 12.4. The molecule has 0 radical (unpaired) electrons. The molecule has 0 saturated carbocycles. The molecule has 34 heavy (non-hydrogen) atoms. The van der Waals surface area contributed by atoms with Crippen molar-refractivity contribution in [2.24, 2.45) is 0 Å². The van der Waals surface area contributed by atoms with E-state index in [1.54, 1.807) is 24.9 Å². The summed E-state index contributed by atoms with van der Waals surface area (Å²) < 4.78 is 49.1. The van der Waals surface area contributed by atoms with Crippen molar-refractivity contribution in [3.05, 3.63) is 88.3 Å². The van der Waals surface area contributed by atoms with Crippen molar-refractivity contribution in [3.63, 3.8) is 0 Å². The van der Waals surface area contributed by atoms with Crippen LogP contribution < -0.4 is 0 Å². The minimum Gasteiger partial charge on any atom is -0.375 e. The van der Waals surface area contributed by atoms with Crippen molar-refractivity contribution >= 4 is 11.9 Å². The zero-order valence-electron chi connectivity index (χ0n) is 19.3. The van der Waals surface area contributed by atoms with E-state index in [1.807, 2.05) is 18.2 Å². The fourth-order valence-corrected chi connectivity index (χ4v) is 5.85. The maximum atomic E-state index is 15.3. The van der Waals surface area contributed by atoms with E-state index in [4.69, 9.17) is 14.0 Å². The van der Waals surface area contributed by atoms with Crippen LogP contribution in [-0.4, -0.2) is 28.7 Å². The normalized spacial score (nSPS) is 22.5. The maximum absolute atomic E-state index is 15.3. The first-order valence-electron chi connectivity index (χ1n) is 11.5. The number of hydrogen-bond donors (Lipinski definition) is 0. The number of hydrogen-bond acceptors (Lipinski definition) is 6. The molecule has 2 fully saturated rings. The maximum Gasteiger partial charge on any atom is 0.143 e. The molecule has 3 heterocycles. The molecular weight excluding hydrogens is 458 g/mol. The van der Waals surface area contributed by atoms with Gasteiger partial charge in [0.1, 0.15) is 28.7 Å². The Labute approximate surface area is 202 Å². The van der Waals surface area contributed by atoms with Crippen LogP contribution in [0.1, 0.15) is 53.2 Å². The predicted octanol–water partition coefficient (Wildman–Crippen LogP) is 6.08. The molecule has 2 aromatic carbocycles. The van der Waals surface area contributed by atoms with Crippen molar-refractivity contribution in [2.75, 3.05) is 13.2 Å². The van der Waals surface area contributed by atoms with Gasteiger partial charge in [0.2, 0.25) is 0 Å². The number of ether oxygens (including phenoxy) is 2. The first kappa shape index (κ1) is 23.5. The molecule has 0 bridgehead atoms. The third-order valence-electron chi connectivity index (χ3n) is 6.57. The Kier molecular flexibility index (Phi) is 6.75. The van der Waals surface area contributed by atoms with Crippen LogP contribution in [0.25, 0.3) is 0 Å². The number of nitrogens with zero attached hydrogens (tertiary/aromatic N) is 2. The zero-order chi connectivity index (χ0) is 23.7. The summed E-state index contributed by atoms with van der Waals surface area (Å²) in [6.07, 6.45) is 2.07. The fraction of sp³-hybridized carbons (Fsp3) is 0.423. The highest BCUT2D eigenvalue weighted by atomic mass is 32.2. The molecule has 2 saturated heterocycles. The van der Waals surface area contributed by atoms with E-state index in [0.717, 1.165) is 12.8 Å². The van der Waals surface area contributed by atoms with Crippen LogP contribution in [0, 0.1) is 18.6 Å². The largest absolute Gasteiger partial charge is 0.375 e. The summed E-state index contributed by atoms with van der Waals surface area (Å²) in [4.78, 5) is 0. The van der Waals surface area contributed by atoms with Gasteiger partial charge in [-0.2, -0.15) is 0 Å². The second kappa shape index (κ2) is 9.77. The van der Waals surface area contributed by atoms with E-state index in [1.165, 1.54) is 17.7 Å². The number of aromatic nitrogens is 1. The molecule has 0 N–H and O–H groups in total. The van der Waals surface area contributed by atoms with Crippen LogP contribution in [0.4, 0.5) is 8.78 Å². The SMILES string of the molecule is Cc1cc(COC2(c3cc(F)c(CN4S[C@@H](c5ccccc5)CC[C@@H]4C)cc3F)COC2)no1. The van der Waals surface area contributed by atoms with E-state index >= 15 is 8.78 Å². The Hall–Kier alpha value is -2.26. The molecule has 0 amide bonds. The van der Waals surface area contributed by atoms with Crippen LogP contribution in [0.2, 0.25) is 0 Å². The second-order valence-corrected chi connectivity index (χ2v) is 10.4. The van der Waals surface area contributed by atoms with E-state index < -0.39 is 17.2 Å². The van der Waals surface area contributed by atoms with E-state index in [2.05, 4.69) is 28.5 Å². The second-order valence-electron chi connectivity index (χ2n) is 9.13. The molecule has 0 spiro atoms. The minimum absolute atomic E-state index is 0.131. The van der Waals surface area contributed by atoms with E-state index in [-0.39, 0.29) is 31.4 Å². The summed E-state index contributed by atoms with van der Waals surface area (Å²) >= 11 is 1.72. The Morgan fingerprint density at radius 2 is 1.91 bits per heavy atom. The van der Waals surface area contributed by atoms with Crippen molar-refractivity contribution in [3.8, 4) is 0 Å². The highest BCUT2D eigenvalue weighted by Gasteiger charge is 2.44. The highest BCUT2D eigenvalue weighted by molar-refractivity contribution is 7.97. The van der Waals surface area contributed by atoms with Gasteiger partial charge in [-0.3, -0.25) is 0 Å². The summed E-state index contributed by atoms with van der Waals surface area (Å²) in [6.45, 7) is 4.72. The lowest BCUT2D eigenvalue weighted by Gasteiger charge is -2.41. The van der Waals surface area contributed by atoms with Crippen LogP contribution in [0.15, 0.2) is 53.1 Å². The van der Waals surface area contributed by atoms with Gasteiger partial charge in [-0.05, 0) is 44.4 Å². The molecule has 0 aliphatic carbocycles. The van der Waals surface area contributed by atoms with Gasteiger partial charge in [0.05, 0.1) is 19.8 Å². The molecule has 2 atom stereocenters. The van der Waals surface area contributed by atoms with Gasteiger partial charge in [-0.25, -0.2) is 13.1 Å². The molecule has 2 aliphatic heterocycles. The monoisotopic (exact) mass is 486 g/mol. The molecule has 180 valence electrons. The number of rotatable bonds is 7. The van der Waals surface area contributed by atoms with E-state index in [0.29, 0.717) is 28.8 Å². The molecule has 2 aliphatic rings. The van der Waals surface area contributed by atoms with Gasteiger partial charge < -0.3 is 14.0 Å². The van der Waals surface area contributed by atoms with Gasteiger partial charge in [0, 0.05) is 35.0 Å². The molecule has 5 nitrogen and oxygen atoms in total. The van der Waals surface area contributed by atoms with Crippen LogP contribution in [0.3, 0.4) is 0 Å². The Balaban J connectivity index is 1.32. The summed E-state index contributed by atoms with van der Waals surface area (Å²) in [7, 11) is 0. The number of halogens is 2. The van der Waals surface area contributed by atoms with E-state index in [9.17, 15) is 0 Å². The lowest BCUT2D eigenvalue weighted by Crippen LogP contribution is -2.49. The highest BCUT2D eigenvalue weighted by Crippen LogP contribution is 2.43. The zero-order valence-corrected chi connectivity index (χ0v) is 20.1. The average molecular weight is 487 g/mol. The minimum atomic E-state index is -1.03. The third-order valence-corrected chi connectivity index (χ3v) is 8.09. The van der Waals surface area contributed by atoms with Crippen molar-refractivity contribution < 1.29 is 22.8 Å². The molecule has 5 rings (SSSR count). The number of benzene rings is 2. The van der Waals surface area contributed by atoms with Gasteiger partial charge in [-0.1, -0.05) is 47.4 Å². The Morgan fingerprint density at radius 3 is 2.59 bits per heavy atom. The van der Waals surface area contributed by atoms with Crippen molar-refractivity contribution in [2.45, 2.75) is 56.7 Å². The average Bonchev–Trinajstić information content (AvgIpc) is 3.23. The standard InChI is InChI=1S/C26H28F2N2O3S/c1-17-8-9-25(19-6-4-3-5-7-19)34-30(17)13-20-11-24(28)22(12-23(20)27)26(15-31-16-26)32-14-21-10-18(2)33-29-21/h3-7,10-12,17,25H,8-9,13-16H2,1-2H3/t17-,25+/m0/s1. The van der Waals surface area contributed by atoms with Crippen LogP contribution in [0.5, 0.6) is 0 Å². The van der Waals surface area contributed by atoms with Gasteiger partial charge in [-0.15, -0.1) is 0 Å².